The molecule has 1 atom stereocenters. The normalized spacial score (nSPS) is 17.0. The second-order valence-electron chi connectivity index (χ2n) is 7.18. The average molecular weight is 428 g/mol. The quantitative estimate of drug-likeness (QED) is 0.577. The lowest BCUT2D eigenvalue weighted by molar-refractivity contribution is 0.429. The monoisotopic (exact) mass is 427 g/mol. The van der Waals surface area contributed by atoms with Gasteiger partial charge in [0.15, 0.2) is 0 Å². The Morgan fingerprint density at radius 3 is 2.63 bits per heavy atom. The number of rotatable bonds is 5. The highest BCUT2D eigenvalue weighted by molar-refractivity contribution is 7.89. The maximum atomic E-state index is 14.9. The van der Waals surface area contributed by atoms with Gasteiger partial charge in [0.05, 0.1) is 23.0 Å². The Hall–Kier alpha value is -2.88. The molecule has 0 amide bonds. The zero-order chi connectivity index (χ0) is 21.1. The molecule has 4 N–H and O–H groups in total. The fourth-order valence-electron chi connectivity index (χ4n) is 3.54. The first-order chi connectivity index (χ1) is 14.4. The summed E-state index contributed by atoms with van der Waals surface area (Å²) in [6, 6.07) is 11.0. The van der Waals surface area contributed by atoms with Crippen LogP contribution < -0.4 is 15.8 Å². The summed E-state index contributed by atoms with van der Waals surface area (Å²) in [4.78, 5) is 8.15. The molecule has 0 saturated carbocycles. The number of halogens is 1. The molecular formula is C21H22FN5O2S. The van der Waals surface area contributed by atoms with E-state index in [1.807, 2.05) is 0 Å². The van der Waals surface area contributed by atoms with E-state index in [0.29, 0.717) is 23.4 Å². The molecule has 1 saturated heterocycles. The molecule has 30 heavy (non-hydrogen) atoms. The molecule has 4 rings (SSSR count). The van der Waals surface area contributed by atoms with Crippen molar-refractivity contribution < 1.29 is 12.8 Å². The number of sulfonamides is 1. The SMILES string of the molecule is Nc1cnc(-c2ccc(-c3ccccc3S(=O)(=O)N[C@@H]3CCCNC3)cc2F)cn1. The Morgan fingerprint density at radius 1 is 1.10 bits per heavy atom. The van der Waals surface area contributed by atoms with Crippen LogP contribution in [0.25, 0.3) is 22.4 Å². The van der Waals surface area contributed by atoms with Crippen LogP contribution in [0, 0.1) is 5.82 Å². The second kappa shape index (κ2) is 8.47. The first kappa shape index (κ1) is 20.4. The van der Waals surface area contributed by atoms with Gasteiger partial charge in [0.1, 0.15) is 11.6 Å². The molecule has 2 aromatic carbocycles. The van der Waals surface area contributed by atoms with Crippen LogP contribution in [0.15, 0.2) is 59.8 Å². The van der Waals surface area contributed by atoms with Crippen LogP contribution in [0.3, 0.4) is 0 Å². The van der Waals surface area contributed by atoms with Crippen LogP contribution in [0.2, 0.25) is 0 Å². The fraction of sp³-hybridized carbons (Fsp3) is 0.238. The first-order valence-corrected chi connectivity index (χ1v) is 11.1. The third kappa shape index (κ3) is 4.33. The molecule has 7 nitrogen and oxygen atoms in total. The Morgan fingerprint density at radius 2 is 1.93 bits per heavy atom. The zero-order valence-corrected chi connectivity index (χ0v) is 17.0. The van der Waals surface area contributed by atoms with Crippen molar-refractivity contribution in [2.24, 2.45) is 0 Å². The van der Waals surface area contributed by atoms with Gasteiger partial charge in [0.2, 0.25) is 10.0 Å². The molecule has 0 radical (unpaired) electrons. The van der Waals surface area contributed by atoms with E-state index in [1.54, 1.807) is 30.3 Å². The topological polar surface area (TPSA) is 110 Å². The molecule has 9 heteroatoms. The van der Waals surface area contributed by atoms with Crippen LogP contribution in [-0.4, -0.2) is 37.5 Å². The van der Waals surface area contributed by atoms with Crippen LogP contribution in [-0.2, 0) is 10.0 Å². The fourth-order valence-corrected chi connectivity index (χ4v) is 5.04. The summed E-state index contributed by atoms with van der Waals surface area (Å²) in [7, 11) is -3.77. The molecule has 0 bridgehead atoms. The molecule has 1 aromatic heterocycles. The molecule has 0 spiro atoms. The number of nitrogens with one attached hydrogen (secondary N) is 2. The third-order valence-corrected chi connectivity index (χ3v) is 6.60. The number of aromatic nitrogens is 2. The molecule has 1 fully saturated rings. The number of piperidine rings is 1. The van der Waals surface area contributed by atoms with E-state index in [2.05, 4.69) is 20.0 Å². The summed E-state index contributed by atoms with van der Waals surface area (Å²) in [6.45, 7) is 1.48. The first-order valence-electron chi connectivity index (χ1n) is 9.64. The predicted molar refractivity (Wildman–Crippen MR) is 113 cm³/mol. The van der Waals surface area contributed by atoms with E-state index in [1.165, 1.54) is 24.5 Å². The number of nitrogens with two attached hydrogens (primary N) is 1. The van der Waals surface area contributed by atoms with Gasteiger partial charge >= 0.3 is 0 Å². The van der Waals surface area contributed by atoms with Gasteiger partial charge in [-0.2, -0.15) is 0 Å². The molecular weight excluding hydrogens is 405 g/mol. The minimum absolute atomic E-state index is 0.120. The van der Waals surface area contributed by atoms with Crippen molar-refractivity contribution in [3.8, 4) is 22.4 Å². The molecule has 0 aliphatic carbocycles. The minimum atomic E-state index is -3.77. The van der Waals surface area contributed by atoms with Gasteiger partial charge in [-0.15, -0.1) is 0 Å². The Kier molecular flexibility index (Phi) is 5.76. The lowest BCUT2D eigenvalue weighted by Gasteiger charge is -2.24. The maximum Gasteiger partial charge on any atom is 0.241 e. The van der Waals surface area contributed by atoms with Gasteiger partial charge < -0.3 is 11.1 Å². The van der Waals surface area contributed by atoms with Crippen molar-refractivity contribution in [1.29, 1.82) is 0 Å². The Balaban J connectivity index is 1.68. The Bertz CT molecular complexity index is 1150. The van der Waals surface area contributed by atoms with Crippen molar-refractivity contribution in [1.82, 2.24) is 20.0 Å². The summed E-state index contributed by atoms with van der Waals surface area (Å²) in [6.07, 6.45) is 4.44. The molecule has 0 unspecified atom stereocenters. The van der Waals surface area contributed by atoms with Crippen molar-refractivity contribution >= 4 is 15.8 Å². The van der Waals surface area contributed by atoms with Gasteiger partial charge in [-0.3, -0.25) is 4.98 Å². The smallest absolute Gasteiger partial charge is 0.241 e. The standard InChI is InChI=1S/C21H22FN5O2S/c22-18-10-14(7-8-17(18)19-12-26-21(23)13-25-19)16-5-1-2-6-20(16)30(28,29)27-15-4-3-9-24-11-15/h1-2,5-8,10,12-13,15,24,27H,3-4,9,11H2,(H2,23,26)/t15-/m1/s1. The summed E-state index contributed by atoms with van der Waals surface area (Å²) < 4.78 is 43.7. The number of hydrogen-bond acceptors (Lipinski definition) is 6. The Labute approximate surface area is 174 Å². The van der Waals surface area contributed by atoms with Crippen LogP contribution in [0.5, 0.6) is 0 Å². The molecule has 3 aromatic rings. The average Bonchev–Trinajstić information content (AvgIpc) is 2.75. The van der Waals surface area contributed by atoms with E-state index in [-0.39, 0.29) is 22.3 Å². The summed E-state index contributed by atoms with van der Waals surface area (Å²) >= 11 is 0. The molecule has 2 heterocycles. The number of anilines is 1. The third-order valence-electron chi connectivity index (χ3n) is 5.02. The minimum Gasteiger partial charge on any atom is -0.382 e. The van der Waals surface area contributed by atoms with Crippen LogP contribution in [0.1, 0.15) is 12.8 Å². The van der Waals surface area contributed by atoms with E-state index in [9.17, 15) is 12.8 Å². The van der Waals surface area contributed by atoms with Crippen molar-refractivity contribution in [2.45, 2.75) is 23.8 Å². The van der Waals surface area contributed by atoms with Crippen LogP contribution >= 0.6 is 0 Å². The number of hydrogen-bond donors (Lipinski definition) is 3. The van der Waals surface area contributed by atoms with Crippen LogP contribution in [0.4, 0.5) is 10.2 Å². The van der Waals surface area contributed by atoms with Gasteiger partial charge in [0.25, 0.3) is 0 Å². The van der Waals surface area contributed by atoms with Crippen molar-refractivity contribution in [2.75, 3.05) is 18.8 Å². The summed E-state index contributed by atoms with van der Waals surface area (Å²) in [5.74, 6) is -0.279. The molecule has 1 aliphatic rings. The molecule has 1 aliphatic heterocycles. The highest BCUT2D eigenvalue weighted by Crippen LogP contribution is 2.31. The highest BCUT2D eigenvalue weighted by atomic mass is 32.2. The van der Waals surface area contributed by atoms with E-state index in [4.69, 9.17) is 5.73 Å². The van der Waals surface area contributed by atoms with Crippen molar-refractivity contribution in [3.63, 3.8) is 0 Å². The summed E-state index contributed by atoms with van der Waals surface area (Å²) in [5.41, 5.74) is 7.04. The maximum absolute atomic E-state index is 14.9. The summed E-state index contributed by atoms with van der Waals surface area (Å²) in [5, 5.41) is 3.19. The second-order valence-corrected chi connectivity index (χ2v) is 8.86. The van der Waals surface area contributed by atoms with E-state index < -0.39 is 15.8 Å². The van der Waals surface area contributed by atoms with Gasteiger partial charge in [0, 0.05) is 23.7 Å². The number of nitrogen functional groups attached to an aromatic ring is 1. The highest BCUT2D eigenvalue weighted by Gasteiger charge is 2.24. The molecule has 156 valence electrons. The largest absolute Gasteiger partial charge is 0.382 e. The van der Waals surface area contributed by atoms with Gasteiger partial charge in [-0.1, -0.05) is 24.3 Å². The van der Waals surface area contributed by atoms with E-state index in [0.717, 1.165) is 19.4 Å². The number of benzene rings is 2. The lowest BCUT2D eigenvalue weighted by Crippen LogP contribution is -2.45. The van der Waals surface area contributed by atoms with Gasteiger partial charge in [-0.25, -0.2) is 22.5 Å². The zero-order valence-electron chi connectivity index (χ0n) is 16.2. The number of nitrogens with zero attached hydrogens (tertiary/aromatic N) is 2. The van der Waals surface area contributed by atoms with Crippen molar-refractivity contribution in [3.05, 3.63) is 60.7 Å². The van der Waals surface area contributed by atoms with Gasteiger partial charge in [-0.05, 0) is 43.1 Å². The van der Waals surface area contributed by atoms with E-state index >= 15 is 0 Å². The lowest BCUT2D eigenvalue weighted by atomic mass is 10.0. The predicted octanol–water partition coefficient (Wildman–Crippen LogP) is 2.56.